The van der Waals surface area contributed by atoms with Crippen molar-refractivity contribution in [2.45, 2.75) is 26.4 Å². The number of hydrogen-bond donors (Lipinski definition) is 2. The van der Waals surface area contributed by atoms with Gasteiger partial charge in [-0.1, -0.05) is 54.7 Å². The maximum absolute atomic E-state index is 12.8. The number of benzene rings is 3. The molecule has 1 aromatic heterocycles. The number of nitrogens with zero attached hydrogens (tertiary/aromatic N) is 1. The highest BCUT2D eigenvalue weighted by atomic mass is 32.1. The van der Waals surface area contributed by atoms with Crippen molar-refractivity contribution in [3.8, 4) is 5.75 Å². The third-order valence-corrected chi connectivity index (χ3v) is 5.65. The fourth-order valence-electron chi connectivity index (χ4n) is 3.14. The molecule has 0 aliphatic heterocycles. The smallest absolute Gasteiger partial charge is 0.255 e. The first-order valence-corrected chi connectivity index (χ1v) is 11.2. The highest BCUT2D eigenvalue weighted by molar-refractivity contribution is 7.22. The minimum Gasteiger partial charge on any atom is -0.489 e. The quantitative estimate of drug-likeness (QED) is 0.356. The molecule has 0 fully saturated rings. The van der Waals surface area contributed by atoms with Crippen LogP contribution in [0.1, 0.15) is 35.7 Å². The largest absolute Gasteiger partial charge is 0.489 e. The first kappa shape index (κ1) is 21.5. The second-order valence-corrected chi connectivity index (χ2v) is 8.29. The lowest BCUT2D eigenvalue weighted by molar-refractivity contribution is -0.116. The number of carbonyl (C=O) groups excluding carboxylic acids is 2. The van der Waals surface area contributed by atoms with E-state index in [1.807, 2.05) is 55.5 Å². The molecule has 0 unspecified atom stereocenters. The van der Waals surface area contributed by atoms with Crippen molar-refractivity contribution < 1.29 is 14.3 Å². The van der Waals surface area contributed by atoms with Crippen molar-refractivity contribution in [1.82, 2.24) is 4.98 Å². The van der Waals surface area contributed by atoms with Crippen LogP contribution in [0, 0.1) is 0 Å². The summed E-state index contributed by atoms with van der Waals surface area (Å²) in [5, 5.41) is 6.29. The van der Waals surface area contributed by atoms with E-state index in [2.05, 4.69) is 15.6 Å². The Bertz CT molecular complexity index is 1240. The molecule has 0 radical (unpaired) electrons. The molecule has 2 N–H and O–H groups in total. The van der Waals surface area contributed by atoms with E-state index in [0.29, 0.717) is 35.2 Å². The van der Waals surface area contributed by atoms with Gasteiger partial charge in [0.1, 0.15) is 12.4 Å². The molecule has 0 atom stereocenters. The fourth-order valence-corrected chi connectivity index (χ4v) is 4.06. The summed E-state index contributed by atoms with van der Waals surface area (Å²) in [6.07, 6.45) is 1.25. The van der Waals surface area contributed by atoms with Gasteiger partial charge in [0.25, 0.3) is 5.91 Å². The van der Waals surface area contributed by atoms with Crippen LogP contribution in [-0.2, 0) is 11.4 Å². The molecule has 0 saturated heterocycles. The molecule has 0 aliphatic rings. The van der Waals surface area contributed by atoms with Crippen molar-refractivity contribution in [1.29, 1.82) is 0 Å². The van der Waals surface area contributed by atoms with Gasteiger partial charge in [0.15, 0.2) is 5.13 Å². The Labute approximate surface area is 190 Å². The van der Waals surface area contributed by atoms with E-state index in [-0.39, 0.29) is 11.8 Å². The second kappa shape index (κ2) is 10.1. The Morgan fingerprint density at radius 3 is 2.62 bits per heavy atom. The number of carbonyl (C=O) groups is 2. The van der Waals surface area contributed by atoms with Gasteiger partial charge in [-0.05, 0) is 48.4 Å². The normalized spacial score (nSPS) is 10.7. The maximum Gasteiger partial charge on any atom is 0.255 e. The zero-order valence-corrected chi connectivity index (χ0v) is 18.4. The Kier molecular flexibility index (Phi) is 6.77. The highest BCUT2D eigenvalue weighted by Crippen LogP contribution is 2.29. The monoisotopic (exact) mass is 445 g/mol. The van der Waals surface area contributed by atoms with Crippen molar-refractivity contribution in [2.24, 2.45) is 0 Å². The Morgan fingerprint density at radius 1 is 0.969 bits per heavy atom. The van der Waals surface area contributed by atoms with E-state index in [4.69, 9.17) is 4.74 Å². The van der Waals surface area contributed by atoms with Gasteiger partial charge in [0.2, 0.25) is 5.91 Å². The number of nitrogens with one attached hydrogen (secondary N) is 2. The van der Waals surface area contributed by atoms with E-state index >= 15 is 0 Å². The molecule has 32 heavy (non-hydrogen) atoms. The van der Waals surface area contributed by atoms with Crippen molar-refractivity contribution in [2.75, 3.05) is 10.6 Å². The molecule has 0 bridgehead atoms. The lowest BCUT2D eigenvalue weighted by atomic mass is 10.2. The molecule has 162 valence electrons. The summed E-state index contributed by atoms with van der Waals surface area (Å²) < 4.78 is 6.71. The Morgan fingerprint density at radius 2 is 1.81 bits per heavy atom. The summed E-state index contributed by atoms with van der Waals surface area (Å²) in [6.45, 7) is 2.39. The molecule has 0 spiro atoms. The third kappa shape index (κ3) is 5.50. The summed E-state index contributed by atoms with van der Waals surface area (Å²) in [4.78, 5) is 29.0. The van der Waals surface area contributed by atoms with Gasteiger partial charge in [0.05, 0.1) is 10.2 Å². The van der Waals surface area contributed by atoms with Crippen LogP contribution in [0.5, 0.6) is 5.75 Å². The summed E-state index contributed by atoms with van der Waals surface area (Å²) in [7, 11) is 0. The lowest BCUT2D eigenvalue weighted by Crippen LogP contribution is -2.11. The average Bonchev–Trinajstić information content (AvgIpc) is 3.20. The van der Waals surface area contributed by atoms with E-state index < -0.39 is 0 Å². The van der Waals surface area contributed by atoms with E-state index in [1.54, 1.807) is 24.3 Å². The minimum atomic E-state index is -0.226. The maximum atomic E-state index is 12.8. The van der Waals surface area contributed by atoms with Crippen LogP contribution in [0.3, 0.4) is 0 Å². The average molecular weight is 446 g/mol. The van der Waals surface area contributed by atoms with Gasteiger partial charge in [-0.3, -0.25) is 9.59 Å². The van der Waals surface area contributed by atoms with Crippen molar-refractivity contribution >= 4 is 44.2 Å². The molecule has 6 nitrogen and oxygen atoms in total. The van der Waals surface area contributed by atoms with Gasteiger partial charge in [0, 0.05) is 17.7 Å². The molecule has 0 saturated carbocycles. The number of rotatable bonds is 8. The van der Waals surface area contributed by atoms with Crippen LogP contribution in [0.25, 0.3) is 10.2 Å². The number of amides is 2. The zero-order chi connectivity index (χ0) is 22.3. The first-order chi connectivity index (χ1) is 15.6. The summed E-state index contributed by atoms with van der Waals surface area (Å²) in [6, 6.07) is 22.5. The van der Waals surface area contributed by atoms with Crippen molar-refractivity contribution in [3.05, 3.63) is 83.9 Å². The van der Waals surface area contributed by atoms with Crippen LogP contribution < -0.4 is 15.4 Å². The number of hydrogen-bond acceptors (Lipinski definition) is 5. The van der Waals surface area contributed by atoms with Gasteiger partial charge < -0.3 is 15.4 Å². The number of anilines is 2. The standard InChI is InChI=1S/C25H23N3O3S/c1-2-7-23(29)28-25-27-21-13-12-19(15-22(21)32-25)26-24(30)18-10-6-11-20(14-18)31-16-17-8-4-3-5-9-17/h3-6,8-15H,2,7,16H2,1H3,(H,26,30)(H,27,28,29). The Hall–Kier alpha value is -3.71. The molecule has 0 aliphatic carbocycles. The number of aromatic nitrogens is 1. The van der Waals surface area contributed by atoms with Gasteiger partial charge in [-0.25, -0.2) is 4.98 Å². The summed E-state index contributed by atoms with van der Waals surface area (Å²) in [5.41, 5.74) is 3.00. The molecular formula is C25H23N3O3S. The summed E-state index contributed by atoms with van der Waals surface area (Å²) >= 11 is 1.38. The molecule has 7 heteroatoms. The fraction of sp³-hybridized carbons (Fsp3) is 0.160. The second-order valence-electron chi connectivity index (χ2n) is 7.26. The Balaban J connectivity index is 1.42. The highest BCUT2D eigenvalue weighted by Gasteiger charge is 2.11. The van der Waals surface area contributed by atoms with Crippen LogP contribution in [0.2, 0.25) is 0 Å². The zero-order valence-electron chi connectivity index (χ0n) is 17.6. The van der Waals surface area contributed by atoms with Crippen LogP contribution in [-0.4, -0.2) is 16.8 Å². The number of fused-ring (bicyclic) bond motifs is 1. The molecule has 2 amide bonds. The van der Waals surface area contributed by atoms with Crippen LogP contribution in [0.15, 0.2) is 72.8 Å². The topological polar surface area (TPSA) is 80.3 Å². The SMILES string of the molecule is CCCC(=O)Nc1nc2ccc(NC(=O)c3cccc(OCc4ccccc4)c3)cc2s1. The molecule has 3 aromatic carbocycles. The van der Waals surface area contributed by atoms with E-state index in [0.717, 1.165) is 22.2 Å². The van der Waals surface area contributed by atoms with Gasteiger partial charge >= 0.3 is 0 Å². The molecule has 4 aromatic rings. The molecule has 4 rings (SSSR count). The molecular weight excluding hydrogens is 422 g/mol. The third-order valence-electron chi connectivity index (χ3n) is 4.71. The number of thiazole rings is 1. The van der Waals surface area contributed by atoms with Gasteiger partial charge in [-0.2, -0.15) is 0 Å². The minimum absolute atomic E-state index is 0.0468. The lowest BCUT2D eigenvalue weighted by Gasteiger charge is -2.09. The number of ether oxygens (including phenoxy) is 1. The predicted octanol–water partition coefficient (Wildman–Crippen LogP) is 5.87. The van der Waals surface area contributed by atoms with Crippen LogP contribution in [0.4, 0.5) is 10.8 Å². The van der Waals surface area contributed by atoms with E-state index in [1.165, 1.54) is 11.3 Å². The summed E-state index contributed by atoms with van der Waals surface area (Å²) in [5.74, 6) is 0.358. The van der Waals surface area contributed by atoms with Crippen LogP contribution >= 0.6 is 11.3 Å². The van der Waals surface area contributed by atoms with Crippen molar-refractivity contribution in [3.63, 3.8) is 0 Å². The predicted molar refractivity (Wildman–Crippen MR) is 128 cm³/mol. The van der Waals surface area contributed by atoms with E-state index in [9.17, 15) is 9.59 Å². The van der Waals surface area contributed by atoms with Gasteiger partial charge in [-0.15, -0.1) is 0 Å². The first-order valence-electron chi connectivity index (χ1n) is 10.4. The molecule has 1 heterocycles.